The van der Waals surface area contributed by atoms with Gasteiger partial charge in [-0.2, -0.15) is 0 Å². The molecule has 1 rings (SSSR count). The summed E-state index contributed by atoms with van der Waals surface area (Å²) >= 11 is 0. The third-order valence-electron chi connectivity index (χ3n) is 2.88. The monoisotopic (exact) mass is 280 g/mol. The molecule has 4 nitrogen and oxygen atoms in total. The van der Waals surface area contributed by atoms with Crippen molar-refractivity contribution in [2.75, 3.05) is 24.6 Å². The van der Waals surface area contributed by atoms with Gasteiger partial charge in [0.15, 0.2) is 0 Å². The number of sulfonamides is 1. The van der Waals surface area contributed by atoms with E-state index in [0.717, 1.165) is 18.2 Å². The van der Waals surface area contributed by atoms with Gasteiger partial charge >= 0.3 is 0 Å². The SMILES string of the molecule is C#CCN(C)C(C)Cc1ccc(NS(C)(=O)=O)cc1. The molecule has 0 aromatic heterocycles. The van der Waals surface area contributed by atoms with Gasteiger partial charge < -0.3 is 0 Å². The first kappa shape index (κ1) is 15.5. The Balaban J connectivity index is 2.65. The Kier molecular flexibility index (Phi) is 5.40. The van der Waals surface area contributed by atoms with E-state index in [0.29, 0.717) is 18.3 Å². The van der Waals surface area contributed by atoms with Crippen LogP contribution in [0.1, 0.15) is 12.5 Å². The standard InChI is InChI=1S/C14H20N2O2S/c1-5-10-16(3)12(2)11-13-6-8-14(9-7-13)15-19(4,17)18/h1,6-9,12,15H,10-11H2,2-4H3. The maximum absolute atomic E-state index is 11.1. The first-order chi connectivity index (χ1) is 8.81. The van der Waals surface area contributed by atoms with Crippen LogP contribution < -0.4 is 4.72 Å². The summed E-state index contributed by atoms with van der Waals surface area (Å²) in [6.07, 6.45) is 7.29. The average molecular weight is 280 g/mol. The van der Waals surface area contributed by atoms with Gasteiger partial charge in [-0.25, -0.2) is 8.42 Å². The predicted molar refractivity (Wildman–Crippen MR) is 79.5 cm³/mol. The van der Waals surface area contributed by atoms with Crippen molar-refractivity contribution < 1.29 is 8.42 Å². The van der Waals surface area contributed by atoms with Gasteiger partial charge in [0.05, 0.1) is 12.8 Å². The second-order valence-electron chi connectivity index (χ2n) is 4.74. The fourth-order valence-corrected chi connectivity index (χ4v) is 2.28. The van der Waals surface area contributed by atoms with Gasteiger partial charge in [0.1, 0.15) is 0 Å². The van der Waals surface area contributed by atoms with Gasteiger partial charge in [-0.3, -0.25) is 9.62 Å². The molecule has 0 spiro atoms. The minimum absolute atomic E-state index is 0.338. The molecule has 1 atom stereocenters. The molecule has 0 saturated carbocycles. The van der Waals surface area contributed by atoms with Crippen LogP contribution in [0, 0.1) is 12.3 Å². The molecular weight excluding hydrogens is 260 g/mol. The van der Waals surface area contributed by atoms with Crippen molar-refractivity contribution in [3.63, 3.8) is 0 Å². The lowest BCUT2D eigenvalue weighted by Crippen LogP contribution is -2.31. The van der Waals surface area contributed by atoms with E-state index in [1.807, 2.05) is 19.2 Å². The van der Waals surface area contributed by atoms with Gasteiger partial charge in [0.2, 0.25) is 10.0 Å². The average Bonchev–Trinajstić information content (AvgIpc) is 2.30. The molecule has 0 saturated heterocycles. The molecule has 0 bridgehead atoms. The van der Waals surface area contributed by atoms with E-state index in [1.165, 1.54) is 0 Å². The molecule has 0 aliphatic carbocycles. The number of nitrogens with one attached hydrogen (secondary N) is 1. The minimum atomic E-state index is -3.21. The molecule has 0 radical (unpaired) electrons. The van der Waals surface area contributed by atoms with E-state index < -0.39 is 10.0 Å². The zero-order valence-electron chi connectivity index (χ0n) is 11.6. The lowest BCUT2D eigenvalue weighted by molar-refractivity contribution is 0.287. The molecule has 0 heterocycles. The third kappa shape index (κ3) is 5.77. The van der Waals surface area contributed by atoms with Crippen molar-refractivity contribution in [2.24, 2.45) is 0 Å². The summed E-state index contributed by atoms with van der Waals surface area (Å²) in [7, 11) is -1.22. The lowest BCUT2D eigenvalue weighted by atomic mass is 10.1. The normalized spacial score (nSPS) is 13.0. The van der Waals surface area contributed by atoms with Crippen LogP contribution in [-0.4, -0.2) is 39.2 Å². The Hall–Kier alpha value is -1.51. The number of terminal acetylenes is 1. The van der Waals surface area contributed by atoms with Crippen LogP contribution in [0.2, 0.25) is 0 Å². The van der Waals surface area contributed by atoms with Gasteiger partial charge in [-0.1, -0.05) is 18.1 Å². The van der Waals surface area contributed by atoms with E-state index in [2.05, 4.69) is 22.5 Å². The summed E-state index contributed by atoms with van der Waals surface area (Å²) < 4.78 is 24.6. The number of likely N-dealkylation sites (N-methyl/N-ethyl adjacent to an activating group) is 1. The molecule has 1 N–H and O–H groups in total. The van der Waals surface area contributed by atoms with Gasteiger partial charge in [0, 0.05) is 11.7 Å². The molecule has 0 aliphatic rings. The predicted octanol–water partition coefficient (Wildman–Crippen LogP) is 1.55. The maximum Gasteiger partial charge on any atom is 0.229 e. The quantitative estimate of drug-likeness (QED) is 0.804. The Morgan fingerprint density at radius 3 is 2.42 bits per heavy atom. The molecule has 0 aliphatic heterocycles. The van der Waals surface area contributed by atoms with Crippen molar-refractivity contribution in [3.05, 3.63) is 29.8 Å². The van der Waals surface area contributed by atoms with Crippen molar-refractivity contribution >= 4 is 15.7 Å². The smallest absolute Gasteiger partial charge is 0.229 e. The number of benzene rings is 1. The molecule has 1 unspecified atom stereocenters. The van der Waals surface area contributed by atoms with Crippen molar-refractivity contribution in [3.8, 4) is 12.3 Å². The summed E-state index contributed by atoms with van der Waals surface area (Å²) in [6, 6.07) is 7.72. The highest BCUT2D eigenvalue weighted by Crippen LogP contribution is 2.13. The van der Waals surface area contributed by atoms with E-state index in [-0.39, 0.29) is 0 Å². The molecule has 104 valence electrons. The van der Waals surface area contributed by atoms with Gasteiger partial charge in [-0.05, 0) is 38.1 Å². The molecule has 1 aromatic carbocycles. The lowest BCUT2D eigenvalue weighted by Gasteiger charge is -2.22. The third-order valence-corrected chi connectivity index (χ3v) is 3.49. The van der Waals surface area contributed by atoms with E-state index in [1.54, 1.807) is 12.1 Å². The highest BCUT2D eigenvalue weighted by atomic mass is 32.2. The Labute approximate surface area is 115 Å². The second kappa shape index (κ2) is 6.60. The summed E-state index contributed by atoms with van der Waals surface area (Å²) in [5.41, 5.74) is 1.73. The fraction of sp³-hybridized carbons (Fsp3) is 0.429. The van der Waals surface area contributed by atoms with E-state index >= 15 is 0 Å². The van der Waals surface area contributed by atoms with Gasteiger partial charge in [-0.15, -0.1) is 6.42 Å². The molecule has 19 heavy (non-hydrogen) atoms. The molecular formula is C14H20N2O2S. The van der Waals surface area contributed by atoms with Crippen molar-refractivity contribution in [2.45, 2.75) is 19.4 Å². The van der Waals surface area contributed by atoms with Gasteiger partial charge in [0.25, 0.3) is 0 Å². The summed E-state index contributed by atoms with van der Waals surface area (Å²) in [5.74, 6) is 2.62. The van der Waals surface area contributed by atoms with Crippen molar-refractivity contribution in [1.82, 2.24) is 4.90 Å². The van der Waals surface area contributed by atoms with Crippen LogP contribution in [0.25, 0.3) is 0 Å². The zero-order chi connectivity index (χ0) is 14.5. The first-order valence-electron chi connectivity index (χ1n) is 6.02. The second-order valence-corrected chi connectivity index (χ2v) is 6.49. The van der Waals surface area contributed by atoms with Crippen LogP contribution >= 0.6 is 0 Å². The van der Waals surface area contributed by atoms with Crippen LogP contribution in [0.5, 0.6) is 0 Å². The summed E-state index contributed by atoms with van der Waals surface area (Å²) in [5, 5.41) is 0. The van der Waals surface area contributed by atoms with Crippen molar-refractivity contribution in [1.29, 1.82) is 0 Å². The zero-order valence-corrected chi connectivity index (χ0v) is 12.4. The highest BCUT2D eigenvalue weighted by molar-refractivity contribution is 7.92. The Morgan fingerprint density at radius 2 is 1.95 bits per heavy atom. The molecule has 5 heteroatoms. The number of nitrogens with zero attached hydrogens (tertiary/aromatic N) is 1. The highest BCUT2D eigenvalue weighted by Gasteiger charge is 2.09. The largest absolute Gasteiger partial charge is 0.292 e. The summed E-state index contributed by atoms with van der Waals surface area (Å²) in [6.45, 7) is 2.73. The summed E-state index contributed by atoms with van der Waals surface area (Å²) in [4.78, 5) is 2.10. The van der Waals surface area contributed by atoms with E-state index in [4.69, 9.17) is 6.42 Å². The Morgan fingerprint density at radius 1 is 1.37 bits per heavy atom. The topological polar surface area (TPSA) is 49.4 Å². The van der Waals surface area contributed by atoms with Crippen LogP contribution in [-0.2, 0) is 16.4 Å². The molecule has 1 aromatic rings. The number of hydrogen-bond acceptors (Lipinski definition) is 3. The first-order valence-corrected chi connectivity index (χ1v) is 7.91. The number of rotatable bonds is 6. The van der Waals surface area contributed by atoms with E-state index in [9.17, 15) is 8.42 Å². The molecule has 0 amide bonds. The number of anilines is 1. The molecule has 0 fully saturated rings. The van der Waals surface area contributed by atoms with Crippen LogP contribution in [0.4, 0.5) is 5.69 Å². The fourth-order valence-electron chi connectivity index (χ4n) is 1.72. The Bertz CT molecular complexity index is 544. The van der Waals surface area contributed by atoms with Crippen LogP contribution in [0.15, 0.2) is 24.3 Å². The minimum Gasteiger partial charge on any atom is -0.292 e. The maximum atomic E-state index is 11.1. The number of hydrogen-bond donors (Lipinski definition) is 1. The van der Waals surface area contributed by atoms with Crippen LogP contribution in [0.3, 0.4) is 0 Å².